The smallest absolute Gasteiger partial charge is 0.308 e. The van der Waals surface area contributed by atoms with Gasteiger partial charge in [-0.3, -0.25) is 9.59 Å². The molecule has 1 saturated heterocycles. The molecule has 6 heteroatoms. The van der Waals surface area contributed by atoms with Crippen LogP contribution in [-0.4, -0.2) is 47.1 Å². The first-order chi connectivity index (χ1) is 9.80. The van der Waals surface area contributed by atoms with Crippen LogP contribution in [0, 0.1) is 17.2 Å². The first kappa shape index (κ1) is 17.2. The summed E-state index contributed by atoms with van der Waals surface area (Å²) in [6, 6.07) is 1.94. The van der Waals surface area contributed by atoms with Crippen molar-refractivity contribution in [3.8, 4) is 6.07 Å². The molecule has 0 saturated carbocycles. The first-order valence-corrected chi connectivity index (χ1v) is 7.20. The molecule has 1 fully saturated rings. The molecule has 21 heavy (non-hydrogen) atoms. The van der Waals surface area contributed by atoms with Gasteiger partial charge in [0.15, 0.2) is 0 Å². The van der Waals surface area contributed by atoms with Gasteiger partial charge < -0.3 is 15.3 Å². The third-order valence-electron chi connectivity index (χ3n) is 3.55. The van der Waals surface area contributed by atoms with E-state index in [0.29, 0.717) is 19.4 Å². The molecule has 1 atom stereocenters. The average Bonchev–Trinajstić information content (AvgIpc) is 2.44. The van der Waals surface area contributed by atoms with Crippen LogP contribution in [0.5, 0.6) is 0 Å². The number of carbonyl (C=O) groups excluding carboxylic acids is 1. The van der Waals surface area contributed by atoms with Gasteiger partial charge in [-0.1, -0.05) is 6.92 Å². The van der Waals surface area contributed by atoms with E-state index in [4.69, 9.17) is 5.11 Å². The minimum Gasteiger partial charge on any atom is -0.481 e. The third-order valence-corrected chi connectivity index (χ3v) is 3.55. The number of hydrogen-bond donors (Lipinski definition) is 2. The molecule has 2 N–H and O–H groups in total. The second-order valence-electron chi connectivity index (χ2n) is 5.85. The highest BCUT2D eigenvalue weighted by atomic mass is 16.4. The number of likely N-dealkylation sites (tertiary alicyclic amines) is 1. The maximum atomic E-state index is 12.4. The molecule has 0 aromatic heterocycles. The van der Waals surface area contributed by atoms with Gasteiger partial charge in [-0.25, -0.2) is 0 Å². The Morgan fingerprint density at radius 3 is 2.71 bits per heavy atom. The van der Waals surface area contributed by atoms with Crippen molar-refractivity contribution in [1.29, 1.82) is 5.26 Å². The maximum Gasteiger partial charge on any atom is 0.308 e. The average molecular weight is 293 g/mol. The van der Waals surface area contributed by atoms with Crippen molar-refractivity contribution in [2.75, 3.05) is 19.6 Å². The minimum absolute atomic E-state index is 0.0620. The molecule has 0 spiro atoms. The third kappa shape index (κ3) is 4.87. The van der Waals surface area contributed by atoms with Crippen molar-refractivity contribution < 1.29 is 14.7 Å². The summed E-state index contributed by atoms with van der Waals surface area (Å²) in [5.41, 5.74) is -0.399. The number of nitrogens with one attached hydrogen (secondary N) is 1. The van der Waals surface area contributed by atoms with Gasteiger partial charge in [0.05, 0.1) is 5.92 Å². The number of carboxylic acids is 1. The summed E-state index contributed by atoms with van der Waals surface area (Å²) < 4.78 is 0. The van der Waals surface area contributed by atoms with Crippen molar-refractivity contribution in [2.24, 2.45) is 5.92 Å². The number of carbonyl (C=O) groups is 2. The Bertz CT molecular complexity index is 477. The molecule has 6 nitrogen and oxygen atoms in total. The van der Waals surface area contributed by atoms with Crippen LogP contribution in [0.2, 0.25) is 0 Å². The summed E-state index contributed by atoms with van der Waals surface area (Å²) in [4.78, 5) is 24.9. The van der Waals surface area contributed by atoms with Crippen molar-refractivity contribution in [3.63, 3.8) is 0 Å². The molecule has 0 aromatic carbocycles. The fourth-order valence-electron chi connectivity index (χ4n) is 2.54. The molecule has 1 aliphatic heterocycles. The lowest BCUT2D eigenvalue weighted by Gasteiger charge is -2.31. The van der Waals surface area contributed by atoms with E-state index in [1.165, 1.54) is 4.90 Å². The van der Waals surface area contributed by atoms with Crippen molar-refractivity contribution in [3.05, 3.63) is 11.6 Å². The summed E-state index contributed by atoms with van der Waals surface area (Å²) in [6.07, 6.45) is 2.84. The Morgan fingerprint density at radius 1 is 1.52 bits per heavy atom. The summed E-state index contributed by atoms with van der Waals surface area (Å²) in [7, 11) is 0. The summed E-state index contributed by atoms with van der Waals surface area (Å²) in [5, 5.41) is 21.5. The standard InChI is InChI=1S/C15H23N3O3/c1-4-17-15(2,3)8-12(9-16)13(19)18-7-5-6-11(10-18)14(20)21/h8,11,17H,4-7,10H2,1-3H3,(H,20,21). The Morgan fingerprint density at radius 2 is 2.19 bits per heavy atom. The zero-order valence-corrected chi connectivity index (χ0v) is 12.8. The lowest BCUT2D eigenvalue weighted by Crippen LogP contribution is -2.44. The Balaban J connectivity index is 2.87. The Kier molecular flexibility index (Phi) is 5.91. The number of piperidine rings is 1. The molecule has 1 unspecified atom stereocenters. The number of carboxylic acid groups (broad SMARTS) is 1. The maximum absolute atomic E-state index is 12.4. The second-order valence-corrected chi connectivity index (χ2v) is 5.85. The Hall–Kier alpha value is -1.87. The van der Waals surface area contributed by atoms with Gasteiger partial charge >= 0.3 is 5.97 Å². The predicted molar refractivity (Wildman–Crippen MR) is 78.4 cm³/mol. The molecular formula is C15H23N3O3. The van der Waals surface area contributed by atoms with E-state index < -0.39 is 17.4 Å². The van der Waals surface area contributed by atoms with E-state index in [2.05, 4.69) is 5.32 Å². The number of amides is 1. The Labute approximate surface area is 125 Å². The molecule has 1 aliphatic rings. The molecule has 0 radical (unpaired) electrons. The van der Waals surface area contributed by atoms with E-state index in [-0.39, 0.29) is 18.0 Å². The molecule has 1 rings (SSSR count). The molecule has 116 valence electrons. The van der Waals surface area contributed by atoms with E-state index in [1.807, 2.05) is 26.8 Å². The normalized spacial score (nSPS) is 20.0. The minimum atomic E-state index is -0.886. The van der Waals surface area contributed by atoms with Crippen LogP contribution in [0.25, 0.3) is 0 Å². The van der Waals surface area contributed by atoms with Crippen molar-refractivity contribution in [2.45, 2.75) is 39.2 Å². The summed E-state index contributed by atoms with van der Waals surface area (Å²) in [5.74, 6) is -1.80. The van der Waals surface area contributed by atoms with Crippen LogP contribution < -0.4 is 5.32 Å². The lowest BCUT2D eigenvalue weighted by atomic mass is 9.96. The number of aliphatic carboxylic acids is 1. The van der Waals surface area contributed by atoms with Gasteiger partial charge in [-0.15, -0.1) is 0 Å². The summed E-state index contributed by atoms with van der Waals surface area (Å²) in [6.45, 7) is 7.12. The van der Waals surface area contributed by atoms with Crippen LogP contribution in [-0.2, 0) is 9.59 Å². The predicted octanol–water partition coefficient (Wildman–Crippen LogP) is 1.15. The van der Waals surface area contributed by atoms with E-state index >= 15 is 0 Å². The van der Waals surface area contributed by atoms with Crippen LogP contribution in [0.1, 0.15) is 33.6 Å². The highest BCUT2D eigenvalue weighted by Gasteiger charge is 2.30. The first-order valence-electron chi connectivity index (χ1n) is 7.20. The monoisotopic (exact) mass is 293 g/mol. The fraction of sp³-hybridized carbons (Fsp3) is 0.667. The van der Waals surface area contributed by atoms with Crippen molar-refractivity contribution >= 4 is 11.9 Å². The van der Waals surface area contributed by atoms with Gasteiger partial charge in [-0.05, 0) is 39.3 Å². The number of nitrogens with zero attached hydrogens (tertiary/aromatic N) is 2. The number of rotatable bonds is 5. The summed E-state index contributed by atoms with van der Waals surface area (Å²) >= 11 is 0. The van der Waals surface area contributed by atoms with Gasteiger partial charge in [0.1, 0.15) is 11.6 Å². The number of hydrogen-bond acceptors (Lipinski definition) is 4. The largest absolute Gasteiger partial charge is 0.481 e. The van der Waals surface area contributed by atoms with Gasteiger partial charge in [-0.2, -0.15) is 5.26 Å². The molecule has 0 bridgehead atoms. The number of likely N-dealkylation sites (N-methyl/N-ethyl adjacent to an activating group) is 1. The highest BCUT2D eigenvalue weighted by molar-refractivity contribution is 5.97. The zero-order chi connectivity index (χ0) is 16.0. The highest BCUT2D eigenvalue weighted by Crippen LogP contribution is 2.19. The molecule has 0 aromatic rings. The lowest BCUT2D eigenvalue weighted by molar-refractivity contribution is -0.145. The van der Waals surface area contributed by atoms with Crippen LogP contribution >= 0.6 is 0 Å². The van der Waals surface area contributed by atoms with Crippen LogP contribution in [0.15, 0.2) is 11.6 Å². The van der Waals surface area contributed by atoms with Crippen LogP contribution in [0.3, 0.4) is 0 Å². The SMILES string of the molecule is CCNC(C)(C)C=C(C#N)C(=O)N1CCCC(C(=O)O)C1. The van der Waals surface area contributed by atoms with E-state index in [1.54, 1.807) is 6.08 Å². The zero-order valence-electron chi connectivity index (χ0n) is 12.8. The topological polar surface area (TPSA) is 93.4 Å². The molecule has 1 heterocycles. The van der Waals surface area contributed by atoms with Crippen molar-refractivity contribution in [1.82, 2.24) is 10.2 Å². The van der Waals surface area contributed by atoms with Crippen LogP contribution in [0.4, 0.5) is 0 Å². The van der Waals surface area contributed by atoms with E-state index in [9.17, 15) is 14.9 Å². The fourth-order valence-corrected chi connectivity index (χ4v) is 2.54. The quantitative estimate of drug-likeness (QED) is 0.586. The van der Waals surface area contributed by atoms with Gasteiger partial charge in [0.2, 0.25) is 0 Å². The molecular weight excluding hydrogens is 270 g/mol. The molecule has 0 aliphatic carbocycles. The number of nitriles is 1. The van der Waals surface area contributed by atoms with Gasteiger partial charge in [0.25, 0.3) is 5.91 Å². The van der Waals surface area contributed by atoms with Gasteiger partial charge in [0, 0.05) is 18.6 Å². The molecule has 1 amide bonds. The second kappa shape index (κ2) is 7.23. The van der Waals surface area contributed by atoms with E-state index in [0.717, 1.165) is 6.54 Å².